The van der Waals surface area contributed by atoms with Crippen LogP contribution in [0.15, 0.2) is 12.4 Å². The summed E-state index contributed by atoms with van der Waals surface area (Å²) >= 11 is 5.67. The van der Waals surface area contributed by atoms with Crippen molar-refractivity contribution in [1.29, 1.82) is 0 Å². The van der Waals surface area contributed by atoms with Crippen molar-refractivity contribution in [3.63, 3.8) is 0 Å². The Morgan fingerprint density at radius 3 is 2.80 bits per heavy atom. The van der Waals surface area contributed by atoms with Crippen molar-refractivity contribution in [3.05, 3.63) is 23.4 Å². The number of rotatable bonds is 2. The second-order valence-corrected chi connectivity index (χ2v) is 3.26. The average Bonchev–Trinajstić information content (AvgIpc) is 2.49. The van der Waals surface area contributed by atoms with Crippen LogP contribution in [0.3, 0.4) is 0 Å². The maximum absolute atomic E-state index is 5.67. The SMILES string of the molecule is Cc1cc(Oc2ncn(C)n2)nc(Cl)n1. The number of hydrogen-bond donors (Lipinski definition) is 0. The van der Waals surface area contributed by atoms with Crippen molar-refractivity contribution in [2.24, 2.45) is 7.05 Å². The summed E-state index contributed by atoms with van der Waals surface area (Å²) in [5, 5.41) is 4.08. The van der Waals surface area contributed by atoms with Gasteiger partial charge in [0.2, 0.25) is 11.2 Å². The van der Waals surface area contributed by atoms with Crippen molar-refractivity contribution >= 4 is 11.6 Å². The third-order valence-corrected chi connectivity index (χ3v) is 1.75. The largest absolute Gasteiger partial charge is 0.404 e. The van der Waals surface area contributed by atoms with Gasteiger partial charge in [-0.1, -0.05) is 0 Å². The van der Waals surface area contributed by atoms with Crippen LogP contribution in [0.2, 0.25) is 5.28 Å². The fourth-order valence-corrected chi connectivity index (χ4v) is 1.23. The highest BCUT2D eigenvalue weighted by Crippen LogP contribution is 2.16. The van der Waals surface area contributed by atoms with E-state index in [9.17, 15) is 0 Å². The summed E-state index contributed by atoms with van der Waals surface area (Å²) in [5.74, 6) is 0.332. The van der Waals surface area contributed by atoms with E-state index in [-0.39, 0.29) is 11.3 Å². The molecule has 0 aliphatic heterocycles. The fraction of sp³-hybridized carbons (Fsp3) is 0.250. The number of halogens is 1. The monoisotopic (exact) mass is 225 g/mol. The van der Waals surface area contributed by atoms with Crippen LogP contribution in [0.1, 0.15) is 5.69 Å². The van der Waals surface area contributed by atoms with Crippen LogP contribution in [0.4, 0.5) is 0 Å². The Kier molecular flexibility index (Phi) is 2.51. The van der Waals surface area contributed by atoms with E-state index in [1.165, 1.54) is 11.0 Å². The van der Waals surface area contributed by atoms with Crippen molar-refractivity contribution in [2.45, 2.75) is 6.92 Å². The molecule has 0 saturated carbocycles. The van der Waals surface area contributed by atoms with Gasteiger partial charge in [-0.3, -0.25) is 4.68 Å². The van der Waals surface area contributed by atoms with Gasteiger partial charge in [0.05, 0.1) is 0 Å². The van der Waals surface area contributed by atoms with Gasteiger partial charge in [0.1, 0.15) is 6.33 Å². The topological polar surface area (TPSA) is 65.7 Å². The van der Waals surface area contributed by atoms with Crippen LogP contribution in [-0.4, -0.2) is 24.7 Å². The third kappa shape index (κ3) is 2.41. The molecule has 0 atom stereocenters. The summed E-state index contributed by atoms with van der Waals surface area (Å²) in [6, 6.07) is 1.88. The molecule has 0 spiro atoms. The van der Waals surface area contributed by atoms with Gasteiger partial charge in [-0.15, -0.1) is 5.10 Å². The number of nitrogens with zero attached hydrogens (tertiary/aromatic N) is 5. The first kappa shape index (κ1) is 9.85. The lowest BCUT2D eigenvalue weighted by Crippen LogP contribution is -1.94. The summed E-state index contributed by atoms with van der Waals surface area (Å²) in [6.45, 7) is 1.80. The van der Waals surface area contributed by atoms with Gasteiger partial charge in [-0.05, 0) is 18.5 Å². The van der Waals surface area contributed by atoms with Gasteiger partial charge in [-0.2, -0.15) is 9.97 Å². The first-order chi connectivity index (χ1) is 7.13. The van der Waals surface area contributed by atoms with E-state index >= 15 is 0 Å². The smallest absolute Gasteiger partial charge is 0.342 e. The fourth-order valence-electron chi connectivity index (χ4n) is 1.02. The van der Waals surface area contributed by atoms with E-state index < -0.39 is 0 Å². The molecule has 2 aromatic heterocycles. The van der Waals surface area contributed by atoms with Gasteiger partial charge in [0, 0.05) is 18.8 Å². The van der Waals surface area contributed by atoms with E-state index in [1.54, 1.807) is 20.0 Å². The zero-order valence-electron chi connectivity index (χ0n) is 8.18. The zero-order chi connectivity index (χ0) is 10.8. The normalized spacial score (nSPS) is 10.3. The van der Waals surface area contributed by atoms with Gasteiger partial charge in [0.15, 0.2) is 0 Å². The van der Waals surface area contributed by atoms with Crippen LogP contribution >= 0.6 is 11.6 Å². The molecule has 0 unspecified atom stereocenters. The molecule has 0 fully saturated rings. The summed E-state index contributed by atoms with van der Waals surface area (Å²) < 4.78 is 6.81. The lowest BCUT2D eigenvalue weighted by Gasteiger charge is -2.00. The molecule has 0 N–H and O–H groups in total. The van der Waals surface area contributed by atoms with E-state index in [4.69, 9.17) is 16.3 Å². The van der Waals surface area contributed by atoms with Crippen molar-refractivity contribution < 1.29 is 4.74 Å². The lowest BCUT2D eigenvalue weighted by atomic mass is 10.4. The Balaban J connectivity index is 2.24. The highest BCUT2D eigenvalue weighted by Gasteiger charge is 2.05. The average molecular weight is 226 g/mol. The van der Waals surface area contributed by atoms with Gasteiger partial charge < -0.3 is 4.74 Å². The number of hydrogen-bond acceptors (Lipinski definition) is 5. The molecule has 0 amide bonds. The van der Waals surface area contributed by atoms with E-state index in [0.29, 0.717) is 5.88 Å². The van der Waals surface area contributed by atoms with Crippen molar-refractivity contribution in [1.82, 2.24) is 24.7 Å². The third-order valence-electron chi connectivity index (χ3n) is 1.58. The predicted molar refractivity (Wildman–Crippen MR) is 52.9 cm³/mol. The molecular formula is C8H8ClN5O. The van der Waals surface area contributed by atoms with Crippen molar-refractivity contribution in [3.8, 4) is 11.9 Å². The Bertz CT molecular complexity index is 463. The Labute approximate surface area is 90.9 Å². The molecule has 0 aliphatic carbocycles. The molecule has 2 aromatic rings. The minimum absolute atomic E-state index is 0.140. The predicted octanol–water partition coefficient (Wildman–Crippen LogP) is 1.36. The minimum atomic E-state index is 0.140. The summed E-state index contributed by atoms with van der Waals surface area (Å²) in [7, 11) is 1.75. The van der Waals surface area contributed by atoms with Crippen molar-refractivity contribution in [2.75, 3.05) is 0 Å². The number of aromatic nitrogens is 5. The Morgan fingerprint density at radius 2 is 2.20 bits per heavy atom. The molecule has 0 bridgehead atoms. The summed E-state index contributed by atoms with van der Waals surface area (Å²) in [5.41, 5.74) is 0.723. The second-order valence-electron chi connectivity index (χ2n) is 2.92. The van der Waals surface area contributed by atoms with Crippen LogP contribution in [0.25, 0.3) is 0 Å². The standard InChI is InChI=1S/C8H8ClN5O/c1-5-3-6(12-7(9)11-5)15-8-10-4-14(2)13-8/h3-4H,1-2H3. The van der Waals surface area contributed by atoms with E-state index in [1.807, 2.05) is 0 Å². The first-order valence-electron chi connectivity index (χ1n) is 4.18. The first-order valence-corrected chi connectivity index (χ1v) is 4.56. The molecule has 6 nitrogen and oxygen atoms in total. The molecule has 0 aliphatic rings. The van der Waals surface area contributed by atoms with Gasteiger partial charge in [0.25, 0.3) is 0 Å². The Morgan fingerprint density at radius 1 is 1.40 bits per heavy atom. The number of aryl methyl sites for hydroxylation is 2. The van der Waals surface area contributed by atoms with Crippen LogP contribution in [0, 0.1) is 6.92 Å². The molecule has 0 saturated heterocycles. The molecule has 7 heteroatoms. The molecule has 2 rings (SSSR count). The van der Waals surface area contributed by atoms with Crippen LogP contribution in [0.5, 0.6) is 11.9 Å². The zero-order valence-corrected chi connectivity index (χ0v) is 8.93. The molecule has 2 heterocycles. The number of ether oxygens (including phenoxy) is 1. The lowest BCUT2D eigenvalue weighted by molar-refractivity contribution is 0.421. The van der Waals surface area contributed by atoms with Crippen LogP contribution < -0.4 is 4.74 Å². The molecule has 78 valence electrons. The molecule has 15 heavy (non-hydrogen) atoms. The van der Waals surface area contributed by atoms with Gasteiger partial charge in [-0.25, -0.2) is 4.98 Å². The van der Waals surface area contributed by atoms with E-state index in [0.717, 1.165) is 5.69 Å². The minimum Gasteiger partial charge on any atom is -0.404 e. The molecule has 0 aromatic carbocycles. The quantitative estimate of drug-likeness (QED) is 0.722. The van der Waals surface area contributed by atoms with E-state index in [2.05, 4.69) is 20.1 Å². The summed E-state index contributed by atoms with van der Waals surface area (Å²) in [4.78, 5) is 11.7. The van der Waals surface area contributed by atoms with Gasteiger partial charge >= 0.3 is 6.01 Å². The second kappa shape index (κ2) is 3.82. The molecular weight excluding hydrogens is 218 g/mol. The van der Waals surface area contributed by atoms with Crippen LogP contribution in [-0.2, 0) is 7.05 Å². The Hall–Kier alpha value is -1.69. The maximum Gasteiger partial charge on any atom is 0.342 e. The maximum atomic E-state index is 5.67. The highest BCUT2D eigenvalue weighted by molar-refractivity contribution is 6.28. The highest BCUT2D eigenvalue weighted by atomic mass is 35.5. The summed E-state index contributed by atoms with van der Waals surface area (Å²) in [6.07, 6.45) is 1.53. The molecule has 0 radical (unpaired) electrons.